The van der Waals surface area contributed by atoms with Gasteiger partial charge in [0.1, 0.15) is 0 Å². The summed E-state index contributed by atoms with van der Waals surface area (Å²) in [7, 11) is -3.98. The zero-order valence-electron chi connectivity index (χ0n) is 18.9. The van der Waals surface area contributed by atoms with Crippen molar-refractivity contribution in [1.29, 1.82) is 0 Å². The summed E-state index contributed by atoms with van der Waals surface area (Å²) in [5, 5.41) is 4.82. The molecule has 2 N–H and O–H groups in total. The Kier molecular flexibility index (Phi) is 6.80. The minimum atomic E-state index is -3.98. The van der Waals surface area contributed by atoms with Crippen molar-refractivity contribution >= 4 is 50.2 Å². The van der Waals surface area contributed by atoms with Gasteiger partial charge in [-0.1, -0.05) is 18.2 Å². The standard InChI is InChI=1S/C24H23N5O3S2/c1-15-12-23(28-21-7-5-4-6-20(15)21)33-14-22(30)27-18-8-10-19(11-9-18)34(31,32)29-24-25-16(2)13-17(3)26-24/h4-13H,14H2,1-3H3,(H2,25,26,27,29,30). The lowest BCUT2D eigenvalue weighted by Crippen LogP contribution is -2.16. The van der Waals surface area contributed by atoms with E-state index < -0.39 is 10.0 Å². The molecule has 0 unspecified atom stereocenters. The lowest BCUT2D eigenvalue weighted by atomic mass is 10.1. The molecule has 1 amide bonds. The Morgan fingerprint density at radius 1 is 1.00 bits per heavy atom. The van der Waals surface area contributed by atoms with Crippen molar-refractivity contribution in [3.05, 3.63) is 82.3 Å². The van der Waals surface area contributed by atoms with Gasteiger partial charge in [-0.15, -0.1) is 0 Å². The number of aryl methyl sites for hydroxylation is 3. The Labute approximate surface area is 202 Å². The molecule has 0 bridgehead atoms. The van der Waals surface area contributed by atoms with Crippen LogP contribution in [-0.4, -0.2) is 30.0 Å². The number of para-hydroxylation sites is 1. The van der Waals surface area contributed by atoms with Crippen molar-refractivity contribution in [3.8, 4) is 0 Å². The Hall–Kier alpha value is -3.50. The van der Waals surface area contributed by atoms with Crippen LogP contribution >= 0.6 is 11.8 Å². The number of carbonyl (C=O) groups excluding carboxylic acids is 1. The van der Waals surface area contributed by atoms with Gasteiger partial charge in [0.05, 0.1) is 10.6 Å². The van der Waals surface area contributed by atoms with Crippen LogP contribution in [-0.2, 0) is 14.8 Å². The highest BCUT2D eigenvalue weighted by Crippen LogP contribution is 2.26. The van der Waals surface area contributed by atoms with E-state index >= 15 is 0 Å². The number of fused-ring (bicyclic) bond motifs is 1. The van der Waals surface area contributed by atoms with Gasteiger partial charge in [0.15, 0.2) is 0 Å². The number of carbonyl (C=O) groups is 1. The fourth-order valence-corrected chi connectivity index (χ4v) is 5.10. The molecule has 0 aliphatic carbocycles. The van der Waals surface area contributed by atoms with Gasteiger partial charge in [-0.2, -0.15) is 4.98 Å². The van der Waals surface area contributed by atoms with E-state index in [4.69, 9.17) is 0 Å². The summed E-state index contributed by atoms with van der Waals surface area (Å²) >= 11 is 1.40. The van der Waals surface area contributed by atoms with Crippen LogP contribution in [0.4, 0.5) is 11.6 Å². The van der Waals surface area contributed by atoms with Crippen LogP contribution in [0.3, 0.4) is 0 Å². The lowest BCUT2D eigenvalue weighted by Gasteiger charge is -2.15. The van der Waals surface area contributed by atoms with Gasteiger partial charge >= 0.3 is 0 Å². The molecule has 0 aliphatic rings. The van der Waals surface area contributed by atoms with Crippen molar-refractivity contribution in [1.82, 2.24) is 9.97 Å². The van der Waals surface area contributed by atoms with Crippen molar-refractivity contribution in [2.24, 2.45) is 0 Å². The van der Waals surface area contributed by atoms with Gasteiger partial charge in [-0.05, 0) is 79.8 Å². The summed E-state index contributed by atoms with van der Waals surface area (Å²) in [5.74, 6) is -0.103. The number of thioether (sulfide) groups is 1. The van der Waals surface area contributed by atoms with Crippen LogP contribution in [0.25, 0.3) is 15.6 Å². The molecule has 2 aromatic heterocycles. The number of aromatic nitrogens is 3. The molecule has 0 saturated heterocycles. The molecule has 4 rings (SSSR count). The fourth-order valence-electron chi connectivity index (χ4n) is 3.42. The number of pyridine rings is 1. The van der Waals surface area contributed by atoms with Gasteiger partial charge in [-0.3, -0.25) is 9.52 Å². The summed E-state index contributed by atoms with van der Waals surface area (Å²) < 4.78 is 28.9. The maximum absolute atomic E-state index is 12.6. The van der Waals surface area contributed by atoms with E-state index in [2.05, 4.69) is 31.1 Å². The van der Waals surface area contributed by atoms with Gasteiger partial charge in [-0.25, -0.2) is 8.42 Å². The highest BCUT2D eigenvalue weighted by Gasteiger charge is 2.14. The Bertz CT molecular complexity index is 1450. The molecule has 0 aliphatic heterocycles. The fraction of sp³-hybridized carbons (Fsp3) is 0.167. The maximum Gasteiger partial charge on any atom is 0.239 e. The van der Waals surface area contributed by atoms with E-state index in [0.717, 1.165) is 21.5 Å². The molecule has 0 atom stereocenters. The number of benzene rings is 2. The molecule has 4 aromatic rings. The second-order valence-corrected chi connectivity index (χ2v) is 10.4. The normalized spacial score (nSPS) is 11.4. The molecule has 0 fully saturated rings. The maximum atomic E-state index is 12.6. The summed E-state index contributed by atoms with van der Waals surface area (Å²) in [4.78, 5) is 23.8. The Balaban J connectivity index is 1.38. The highest BCUT2D eigenvalue weighted by atomic mass is 32.2. The highest BCUT2D eigenvalue weighted by molar-refractivity contribution is 7.99. The molecular weight excluding hydrogens is 470 g/mol. The summed E-state index contributed by atoms with van der Waals surface area (Å²) in [6.07, 6.45) is 0. The van der Waals surface area contributed by atoms with Crippen molar-refractivity contribution in [3.63, 3.8) is 0 Å². The minimum Gasteiger partial charge on any atom is -0.363 e. The summed E-state index contributed by atoms with van der Waals surface area (Å²) in [6.45, 7) is 5.53. The quantitative estimate of drug-likeness (QED) is 0.379. The third-order valence-corrected chi connectivity index (χ3v) is 7.13. The molecular formula is C24H23N5O3S2. The second-order valence-electron chi connectivity index (χ2n) is 7.74. The van der Waals surface area contributed by atoms with Gasteiger partial charge in [0, 0.05) is 29.2 Å². The van der Waals surface area contributed by atoms with Crippen LogP contribution in [0.2, 0.25) is 0 Å². The van der Waals surface area contributed by atoms with E-state index in [1.54, 1.807) is 19.9 Å². The SMILES string of the molecule is Cc1cc(C)nc([N-]S(=O)(=O)c2ccc(NC(=O)CSc3cc(C)c4ccccc4[nH+]3)cc2)n1. The number of sulfonamides is 1. The van der Waals surface area contributed by atoms with Crippen molar-refractivity contribution in [2.75, 3.05) is 11.1 Å². The third kappa shape index (κ3) is 5.70. The van der Waals surface area contributed by atoms with Crippen LogP contribution in [0.5, 0.6) is 0 Å². The van der Waals surface area contributed by atoms with Crippen LogP contribution in [0.15, 0.2) is 70.6 Å². The number of anilines is 1. The molecule has 10 heteroatoms. The van der Waals surface area contributed by atoms with Gasteiger partial charge in [0.2, 0.25) is 26.5 Å². The molecule has 0 radical (unpaired) electrons. The number of aromatic amines is 1. The zero-order valence-corrected chi connectivity index (χ0v) is 20.5. The van der Waals surface area contributed by atoms with E-state index in [0.29, 0.717) is 17.1 Å². The largest absolute Gasteiger partial charge is 0.363 e. The van der Waals surface area contributed by atoms with Crippen LogP contribution < -0.4 is 10.3 Å². The Morgan fingerprint density at radius 2 is 1.68 bits per heavy atom. The molecule has 0 saturated carbocycles. The molecule has 2 heterocycles. The second kappa shape index (κ2) is 9.78. The number of hydrogen-bond acceptors (Lipinski definition) is 6. The topological polar surface area (TPSA) is 117 Å². The average molecular weight is 494 g/mol. The number of hydrogen-bond donors (Lipinski definition) is 1. The first kappa shape index (κ1) is 23.7. The number of nitrogens with one attached hydrogen (secondary N) is 2. The lowest BCUT2D eigenvalue weighted by molar-refractivity contribution is -0.395. The Morgan fingerprint density at radius 3 is 2.38 bits per heavy atom. The summed E-state index contributed by atoms with van der Waals surface area (Å²) in [5.41, 5.74) is 3.90. The minimum absolute atomic E-state index is 0.0103. The number of nitrogens with zero attached hydrogens (tertiary/aromatic N) is 3. The monoisotopic (exact) mass is 493 g/mol. The molecule has 174 valence electrons. The van der Waals surface area contributed by atoms with E-state index in [9.17, 15) is 13.2 Å². The smallest absolute Gasteiger partial charge is 0.239 e. The molecule has 0 spiro atoms. The van der Waals surface area contributed by atoms with Crippen LogP contribution in [0, 0.1) is 20.8 Å². The van der Waals surface area contributed by atoms with E-state index in [-0.39, 0.29) is 22.5 Å². The molecule has 8 nitrogen and oxygen atoms in total. The predicted octanol–water partition coefficient (Wildman–Crippen LogP) is 4.49. The first-order valence-electron chi connectivity index (χ1n) is 10.4. The first-order chi connectivity index (χ1) is 16.2. The van der Waals surface area contributed by atoms with Crippen molar-refractivity contribution < 1.29 is 18.2 Å². The van der Waals surface area contributed by atoms with E-state index in [1.807, 2.05) is 31.2 Å². The predicted molar refractivity (Wildman–Crippen MR) is 133 cm³/mol. The third-order valence-electron chi connectivity index (χ3n) is 4.92. The number of rotatable bonds is 7. The summed E-state index contributed by atoms with van der Waals surface area (Å²) in [6, 6.07) is 17.6. The number of amides is 1. The zero-order chi connectivity index (χ0) is 24.3. The number of H-pyrrole nitrogens is 1. The first-order valence-corrected chi connectivity index (χ1v) is 12.9. The van der Waals surface area contributed by atoms with Crippen LogP contribution in [0.1, 0.15) is 17.0 Å². The average Bonchev–Trinajstić information content (AvgIpc) is 2.77. The van der Waals surface area contributed by atoms with Gasteiger partial charge < -0.3 is 15.3 Å². The van der Waals surface area contributed by atoms with E-state index in [1.165, 1.54) is 36.0 Å². The van der Waals surface area contributed by atoms with Crippen molar-refractivity contribution in [2.45, 2.75) is 30.7 Å². The molecule has 2 aromatic carbocycles. The molecule has 34 heavy (non-hydrogen) atoms. The van der Waals surface area contributed by atoms with Gasteiger partial charge in [0.25, 0.3) is 0 Å².